The van der Waals surface area contributed by atoms with Gasteiger partial charge in [0.25, 0.3) is 15.9 Å². The number of benzene rings is 3. The number of sulfonamides is 1. The first-order chi connectivity index (χ1) is 16.2. The van der Waals surface area contributed by atoms with Crippen molar-refractivity contribution in [3.05, 3.63) is 82.2 Å². The van der Waals surface area contributed by atoms with Crippen LogP contribution in [0, 0.1) is 6.92 Å². The molecule has 0 bridgehead atoms. The Labute approximate surface area is 207 Å². The highest BCUT2D eigenvalue weighted by Crippen LogP contribution is 2.32. The van der Waals surface area contributed by atoms with E-state index in [1.807, 2.05) is 13.0 Å². The molecule has 0 spiro atoms. The number of thiophene rings is 1. The zero-order valence-corrected chi connectivity index (χ0v) is 21.2. The van der Waals surface area contributed by atoms with Crippen LogP contribution in [0.2, 0.25) is 5.02 Å². The van der Waals surface area contributed by atoms with Gasteiger partial charge in [-0.3, -0.25) is 9.10 Å². The molecule has 176 valence electrons. The van der Waals surface area contributed by atoms with Gasteiger partial charge in [-0.1, -0.05) is 11.6 Å². The SMILES string of the molecule is CCN(c1ccc2sc(C(=O)Nc3ccc(Cl)cc3C)cc2c1)S(=O)(=O)c1ccc(OC)cc1. The van der Waals surface area contributed by atoms with E-state index in [0.29, 0.717) is 27.0 Å². The lowest BCUT2D eigenvalue weighted by atomic mass is 10.2. The molecule has 0 saturated carbocycles. The van der Waals surface area contributed by atoms with E-state index in [9.17, 15) is 13.2 Å². The molecule has 3 aromatic carbocycles. The monoisotopic (exact) mass is 514 g/mol. The Bertz CT molecular complexity index is 1460. The maximum absolute atomic E-state index is 13.3. The average Bonchev–Trinajstić information content (AvgIpc) is 3.25. The van der Waals surface area contributed by atoms with E-state index in [2.05, 4.69) is 5.32 Å². The molecular weight excluding hydrogens is 492 g/mol. The van der Waals surface area contributed by atoms with Gasteiger partial charge in [0, 0.05) is 22.0 Å². The van der Waals surface area contributed by atoms with E-state index in [1.54, 1.807) is 55.5 Å². The summed E-state index contributed by atoms with van der Waals surface area (Å²) >= 11 is 7.35. The number of nitrogens with zero attached hydrogens (tertiary/aromatic N) is 1. The summed E-state index contributed by atoms with van der Waals surface area (Å²) in [6.07, 6.45) is 0. The van der Waals surface area contributed by atoms with Crippen LogP contribution in [0.3, 0.4) is 0 Å². The first-order valence-electron chi connectivity index (χ1n) is 10.5. The largest absolute Gasteiger partial charge is 0.497 e. The van der Waals surface area contributed by atoms with Crippen molar-refractivity contribution in [2.75, 3.05) is 23.3 Å². The number of ether oxygens (including phenoxy) is 1. The van der Waals surface area contributed by atoms with Gasteiger partial charge < -0.3 is 10.1 Å². The van der Waals surface area contributed by atoms with Crippen LogP contribution < -0.4 is 14.4 Å². The topological polar surface area (TPSA) is 75.7 Å². The predicted octanol–water partition coefficient (Wildman–Crippen LogP) is 6.34. The average molecular weight is 515 g/mol. The third kappa shape index (κ3) is 4.75. The van der Waals surface area contributed by atoms with Gasteiger partial charge in [-0.05, 0) is 91.5 Å². The van der Waals surface area contributed by atoms with Crippen LogP contribution in [0.25, 0.3) is 10.1 Å². The first kappa shape index (κ1) is 24.1. The van der Waals surface area contributed by atoms with E-state index in [-0.39, 0.29) is 17.3 Å². The molecule has 34 heavy (non-hydrogen) atoms. The lowest BCUT2D eigenvalue weighted by Crippen LogP contribution is -2.30. The van der Waals surface area contributed by atoms with Crippen molar-refractivity contribution in [1.82, 2.24) is 0 Å². The van der Waals surface area contributed by atoms with E-state index in [1.165, 1.54) is 34.9 Å². The van der Waals surface area contributed by atoms with Crippen molar-refractivity contribution >= 4 is 60.3 Å². The number of methoxy groups -OCH3 is 1. The Morgan fingerprint density at radius 3 is 2.44 bits per heavy atom. The van der Waals surface area contributed by atoms with Crippen molar-refractivity contribution in [2.45, 2.75) is 18.7 Å². The zero-order valence-electron chi connectivity index (χ0n) is 18.8. The summed E-state index contributed by atoms with van der Waals surface area (Å²) in [4.78, 5) is 13.6. The van der Waals surface area contributed by atoms with Gasteiger partial charge in [-0.2, -0.15) is 0 Å². The number of halogens is 1. The molecule has 0 aliphatic heterocycles. The van der Waals surface area contributed by atoms with E-state index in [4.69, 9.17) is 16.3 Å². The van der Waals surface area contributed by atoms with E-state index < -0.39 is 10.0 Å². The summed E-state index contributed by atoms with van der Waals surface area (Å²) in [5.74, 6) is 0.354. The number of amides is 1. The predicted molar refractivity (Wildman–Crippen MR) is 139 cm³/mol. The molecule has 0 unspecified atom stereocenters. The Morgan fingerprint density at radius 2 is 1.79 bits per heavy atom. The highest BCUT2D eigenvalue weighted by Gasteiger charge is 2.24. The van der Waals surface area contributed by atoms with Gasteiger partial charge in [-0.25, -0.2) is 8.42 Å². The number of hydrogen-bond acceptors (Lipinski definition) is 5. The summed E-state index contributed by atoms with van der Waals surface area (Å²) in [6.45, 7) is 3.92. The molecule has 0 aliphatic rings. The number of hydrogen-bond donors (Lipinski definition) is 1. The maximum Gasteiger partial charge on any atom is 0.265 e. The van der Waals surface area contributed by atoms with Crippen molar-refractivity contribution in [3.63, 3.8) is 0 Å². The molecule has 0 aliphatic carbocycles. The lowest BCUT2D eigenvalue weighted by molar-refractivity contribution is 0.103. The molecule has 0 saturated heterocycles. The Balaban J connectivity index is 1.63. The van der Waals surface area contributed by atoms with Crippen LogP contribution in [-0.2, 0) is 10.0 Å². The second-order valence-electron chi connectivity index (χ2n) is 7.59. The molecule has 9 heteroatoms. The second-order valence-corrected chi connectivity index (χ2v) is 11.0. The molecule has 1 amide bonds. The van der Waals surface area contributed by atoms with E-state index in [0.717, 1.165) is 15.6 Å². The van der Waals surface area contributed by atoms with Gasteiger partial charge in [0.2, 0.25) is 0 Å². The van der Waals surface area contributed by atoms with Gasteiger partial charge in [0.15, 0.2) is 0 Å². The van der Waals surface area contributed by atoms with Gasteiger partial charge >= 0.3 is 0 Å². The minimum Gasteiger partial charge on any atom is -0.497 e. The van der Waals surface area contributed by atoms with Crippen molar-refractivity contribution < 1.29 is 17.9 Å². The van der Waals surface area contributed by atoms with Gasteiger partial charge in [0.1, 0.15) is 5.75 Å². The minimum absolute atomic E-state index is 0.180. The molecule has 4 aromatic rings. The van der Waals surface area contributed by atoms with Crippen LogP contribution in [0.5, 0.6) is 5.75 Å². The molecule has 1 aromatic heterocycles. The van der Waals surface area contributed by atoms with Crippen LogP contribution in [0.1, 0.15) is 22.2 Å². The molecule has 6 nitrogen and oxygen atoms in total. The van der Waals surface area contributed by atoms with Crippen LogP contribution >= 0.6 is 22.9 Å². The number of carbonyl (C=O) groups excluding carboxylic acids is 1. The quantitative estimate of drug-likeness (QED) is 0.312. The van der Waals surface area contributed by atoms with Gasteiger partial charge in [0.05, 0.1) is 22.6 Å². The van der Waals surface area contributed by atoms with Crippen LogP contribution in [0.15, 0.2) is 71.6 Å². The third-order valence-corrected chi connectivity index (χ3v) is 8.65. The standard InChI is InChI=1S/C25H23ClN2O4S2/c1-4-28(34(30,31)21-9-7-20(32-3)8-10-21)19-6-12-23-17(14-19)15-24(33-23)25(29)27-22-11-5-18(26)13-16(22)2/h5-15H,4H2,1-3H3,(H,27,29). The van der Waals surface area contributed by atoms with Crippen molar-refractivity contribution in [2.24, 2.45) is 0 Å². The summed E-state index contributed by atoms with van der Waals surface area (Å²) in [6, 6.07) is 18.7. The number of carbonyl (C=O) groups is 1. The van der Waals surface area contributed by atoms with E-state index >= 15 is 0 Å². The molecule has 0 atom stereocenters. The number of anilines is 2. The number of fused-ring (bicyclic) bond motifs is 1. The van der Waals surface area contributed by atoms with Crippen LogP contribution in [0.4, 0.5) is 11.4 Å². The lowest BCUT2D eigenvalue weighted by Gasteiger charge is -2.23. The number of nitrogens with one attached hydrogen (secondary N) is 1. The molecule has 1 heterocycles. The highest BCUT2D eigenvalue weighted by atomic mass is 35.5. The minimum atomic E-state index is -3.77. The van der Waals surface area contributed by atoms with Gasteiger partial charge in [-0.15, -0.1) is 11.3 Å². The summed E-state index contributed by atoms with van der Waals surface area (Å²) in [5.41, 5.74) is 2.09. The highest BCUT2D eigenvalue weighted by molar-refractivity contribution is 7.92. The Morgan fingerprint density at radius 1 is 1.06 bits per heavy atom. The fourth-order valence-corrected chi connectivity index (χ4v) is 6.25. The van der Waals surface area contributed by atoms with Crippen molar-refractivity contribution in [3.8, 4) is 5.75 Å². The second kappa shape index (κ2) is 9.66. The number of aryl methyl sites for hydroxylation is 1. The summed E-state index contributed by atoms with van der Waals surface area (Å²) < 4.78 is 33.9. The third-order valence-electron chi connectivity index (χ3n) is 5.38. The fraction of sp³-hybridized carbons (Fsp3) is 0.160. The van der Waals surface area contributed by atoms with Crippen molar-refractivity contribution in [1.29, 1.82) is 0 Å². The number of rotatable bonds is 7. The maximum atomic E-state index is 13.3. The first-order valence-corrected chi connectivity index (χ1v) is 13.1. The van der Waals surface area contributed by atoms with Crippen LogP contribution in [-0.4, -0.2) is 28.0 Å². The molecule has 4 rings (SSSR count). The molecular formula is C25H23ClN2O4S2. The normalized spacial score (nSPS) is 11.4. The Hall–Kier alpha value is -3.07. The summed E-state index contributed by atoms with van der Waals surface area (Å²) in [5, 5.41) is 4.32. The zero-order chi connectivity index (χ0) is 24.5. The summed E-state index contributed by atoms with van der Waals surface area (Å²) in [7, 11) is -2.23. The smallest absolute Gasteiger partial charge is 0.265 e. The Kier molecular flexibility index (Phi) is 6.84. The molecule has 0 radical (unpaired) electrons. The fourth-order valence-electron chi connectivity index (χ4n) is 3.62. The molecule has 0 fully saturated rings. The molecule has 1 N–H and O–H groups in total.